The Balaban J connectivity index is 2.43. The minimum absolute atomic E-state index is 0.150. The SMILES string of the molecule is CC(C)Oc1ccc(CCCNC(C)(C)CC(C)(C)C)cc1N. The smallest absolute Gasteiger partial charge is 0.142 e. The molecule has 0 spiro atoms. The number of benzene rings is 1. The molecule has 0 saturated carbocycles. The fourth-order valence-corrected chi connectivity index (χ4v) is 3.22. The zero-order chi connectivity index (χ0) is 17.7. The van der Waals surface area contributed by atoms with Gasteiger partial charge in [-0.25, -0.2) is 0 Å². The van der Waals surface area contributed by atoms with Crippen molar-refractivity contribution in [3.63, 3.8) is 0 Å². The van der Waals surface area contributed by atoms with Crippen LogP contribution in [-0.4, -0.2) is 18.2 Å². The highest BCUT2D eigenvalue weighted by molar-refractivity contribution is 5.54. The monoisotopic (exact) mass is 320 g/mol. The third-order valence-electron chi connectivity index (χ3n) is 3.65. The van der Waals surface area contributed by atoms with E-state index in [0.717, 1.165) is 37.2 Å². The van der Waals surface area contributed by atoms with Gasteiger partial charge in [-0.15, -0.1) is 0 Å². The zero-order valence-electron chi connectivity index (χ0n) is 16.1. The van der Waals surface area contributed by atoms with E-state index >= 15 is 0 Å². The summed E-state index contributed by atoms with van der Waals surface area (Å²) < 4.78 is 5.68. The molecule has 0 fully saturated rings. The van der Waals surface area contributed by atoms with Crippen molar-refractivity contribution in [3.05, 3.63) is 23.8 Å². The van der Waals surface area contributed by atoms with Gasteiger partial charge in [0.2, 0.25) is 0 Å². The largest absolute Gasteiger partial charge is 0.489 e. The first-order valence-corrected chi connectivity index (χ1v) is 8.79. The molecule has 0 amide bonds. The standard InChI is InChI=1S/C20H36N2O/c1-15(2)23-18-11-10-16(13-17(18)21)9-8-12-22-20(6,7)14-19(3,4)5/h10-11,13,15,22H,8-9,12,14,21H2,1-7H3. The first-order chi connectivity index (χ1) is 10.5. The maximum atomic E-state index is 6.07. The lowest BCUT2D eigenvalue weighted by molar-refractivity contribution is 0.242. The van der Waals surface area contributed by atoms with Crippen LogP contribution < -0.4 is 15.8 Å². The summed E-state index contributed by atoms with van der Waals surface area (Å²) in [6, 6.07) is 6.15. The van der Waals surface area contributed by atoms with Gasteiger partial charge < -0.3 is 15.8 Å². The molecule has 0 radical (unpaired) electrons. The van der Waals surface area contributed by atoms with Crippen molar-refractivity contribution >= 4 is 5.69 Å². The van der Waals surface area contributed by atoms with Gasteiger partial charge in [-0.2, -0.15) is 0 Å². The third kappa shape index (κ3) is 8.26. The van der Waals surface area contributed by atoms with Crippen molar-refractivity contribution in [3.8, 4) is 5.75 Å². The number of anilines is 1. The van der Waals surface area contributed by atoms with Crippen LogP contribution in [0.2, 0.25) is 0 Å². The number of rotatable bonds is 8. The number of nitrogen functional groups attached to an aromatic ring is 1. The van der Waals surface area contributed by atoms with Crippen LogP contribution in [0, 0.1) is 5.41 Å². The van der Waals surface area contributed by atoms with Crippen LogP contribution in [0.1, 0.15) is 66.9 Å². The molecular weight excluding hydrogens is 284 g/mol. The molecule has 0 heterocycles. The van der Waals surface area contributed by atoms with Gasteiger partial charge in [-0.05, 0) is 76.6 Å². The van der Waals surface area contributed by atoms with Crippen molar-refractivity contribution in [2.75, 3.05) is 12.3 Å². The summed E-state index contributed by atoms with van der Waals surface area (Å²) in [6.07, 6.45) is 3.45. The van der Waals surface area contributed by atoms with Gasteiger partial charge in [0, 0.05) is 5.54 Å². The molecule has 0 aromatic heterocycles. The van der Waals surface area contributed by atoms with Crippen molar-refractivity contribution in [1.29, 1.82) is 0 Å². The highest BCUT2D eigenvalue weighted by Gasteiger charge is 2.24. The van der Waals surface area contributed by atoms with Crippen molar-refractivity contribution in [2.24, 2.45) is 5.41 Å². The summed E-state index contributed by atoms with van der Waals surface area (Å²) in [5.41, 5.74) is 8.60. The average Bonchev–Trinajstić information content (AvgIpc) is 2.34. The molecule has 132 valence electrons. The Hall–Kier alpha value is -1.22. The summed E-state index contributed by atoms with van der Waals surface area (Å²) in [4.78, 5) is 0. The molecule has 0 saturated heterocycles. The van der Waals surface area contributed by atoms with Crippen LogP contribution in [0.5, 0.6) is 5.75 Å². The third-order valence-corrected chi connectivity index (χ3v) is 3.65. The Morgan fingerprint density at radius 2 is 1.78 bits per heavy atom. The Morgan fingerprint density at radius 3 is 2.30 bits per heavy atom. The van der Waals surface area contributed by atoms with Gasteiger partial charge >= 0.3 is 0 Å². The van der Waals surface area contributed by atoms with Gasteiger partial charge in [0.05, 0.1) is 11.8 Å². The second-order valence-electron chi connectivity index (χ2n) is 8.69. The maximum absolute atomic E-state index is 6.07. The van der Waals surface area contributed by atoms with Crippen LogP contribution in [-0.2, 0) is 6.42 Å². The number of ether oxygens (including phenoxy) is 1. The predicted molar refractivity (Wildman–Crippen MR) is 101 cm³/mol. The molecule has 0 aliphatic carbocycles. The van der Waals surface area contributed by atoms with Crippen molar-refractivity contribution < 1.29 is 4.74 Å². The lowest BCUT2D eigenvalue weighted by atomic mass is 9.82. The van der Waals surface area contributed by atoms with E-state index in [2.05, 4.69) is 46.0 Å². The molecule has 1 aromatic carbocycles. The van der Waals surface area contributed by atoms with E-state index in [4.69, 9.17) is 10.5 Å². The molecule has 1 rings (SSSR count). The highest BCUT2D eigenvalue weighted by atomic mass is 16.5. The van der Waals surface area contributed by atoms with Gasteiger partial charge in [0.25, 0.3) is 0 Å². The molecule has 3 heteroatoms. The molecule has 0 bridgehead atoms. The number of hydrogen-bond donors (Lipinski definition) is 2. The van der Waals surface area contributed by atoms with Crippen LogP contribution in [0.25, 0.3) is 0 Å². The number of nitrogens with two attached hydrogens (primary N) is 1. The van der Waals surface area contributed by atoms with E-state index in [9.17, 15) is 0 Å². The molecule has 0 unspecified atom stereocenters. The van der Waals surface area contributed by atoms with Crippen LogP contribution >= 0.6 is 0 Å². The number of hydrogen-bond acceptors (Lipinski definition) is 3. The number of nitrogens with one attached hydrogen (secondary N) is 1. The van der Waals surface area contributed by atoms with Gasteiger partial charge in [-0.3, -0.25) is 0 Å². The molecule has 3 nitrogen and oxygen atoms in total. The Labute approximate surface area is 143 Å². The second-order valence-corrected chi connectivity index (χ2v) is 8.69. The Kier molecular flexibility index (Phi) is 6.94. The summed E-state index contributed by atoms with van der Waals surface area (Å²) >= 11 is 0. The predicted octanol–water partition coefficient (Wildman–Crippen LogP) is 4.79. The second kappa shape index (κ2) is 8.05. The Bertz CT molecular complexity index is 487. The van der Waals surface area contributed by atoms with Crippen molar-refractivity contribution in [1.82, 2.24) is 5.32 Å². The summed E-state index contributed by atoms with van der Waals surface area (Å²) in [5.74, 6) is 0.785. The van der Waals surface area contributed by atoms with E-state index < -0.39 is 0 Å². The molecule has 3 N–H and O–H groups in total. The minimum Gasteiger partial charge on any atom is -0.489 e. The minimum atomic E-state index is 0.150. The van der Waals surface area contributed by atoms with E-state index in [0.29, 0.717) is 5.41 Å². The number of aryl methyl sites for hydroxylation is 1. The first-order valence-electron chi connectivity index (χ1n) is 8.79. The topological polar surface area (TPSA) is 47.3 Å². The lowest BCUT2D eigenvalue weighted by Crippen LogP contribution is -2.42. The summed E-state index contributed by atoms with van der Waals surface area (Å²) in [6.45, 7) is 16.5. The van der Waals surface area contributed by atoms with E-state index in [-0.39, 0.29) is 11.6 Å². The van der Waals surface area contributed by atoms with Crippen LogP contribution in [0.15, 0.2) is 18.2 Å². The summed E-state index contributed by atoms with van der Waals surface area (Å²) in [5, 5.41) is 3.68. The average molecular weight is 321 g/mol. The molecule has 0 aliphatic rings. The van der Waals surface area contributed by atoms with Gasteiger partial charge in [0.15, 0.2) is 0 Å². The molecule has 1 aromatic rings. The van der Waals surface area contributed by atoms with E-state index in [1.165, 1.54) is 5.56 Å². The fraction of sp³-hybridized carbons (Fsp3) is 0.700. The van der Waals surface area contributed by atoms with Gasteiger partial charge in [0.1, 0.15) is 5.75 Å². The highest BCUT2D eigenvalue weighted by Crippen LogP contribution is 2.27. The van der Waals surface area contributed by atoms with Crippen LogP contribution in [0.3, 0.4) is 0 Å². The molecule has 0 aliphatic heterocycles. The fourth-order valence-electron chi connectivity index (χ4n) is 3.22. The van der Waals surface area contributed by atoms with E-state index in [1.807, 2.05) is 26.0 Å². The van der Waals surface area contributed by atoms with Gasteiger partial charge in [-0.1, -0.05) is 26.8 Å². The summed E-state index contributed by atoms with van der Waals surface area (Å²) in [7, 11) is 0. The molecule has 0 atom stereocenters. The zero-order valence-corrected chi connectivity index (χ0v) is 16.1. The molecular formula is C20H36N2O. The maximum Gasteiger partial charge on any atom is 0.142 e. The lowest BCUT2D eigenvalue weighted by Gasteiger charge is -2.33. The van der Waals surface area contributed by atoms with Crippen molar-refractivity contribution in [2.45, 2.75) is 79.4 Å². The van der Waals surface area contributed by atoms with E-state index in [1.54, 1.807) is 0 Å². The van der Waals surface area contributed by atoms with Crippen LogP contribution in [0.4, 0.5) is 5.69 Å². The first kappa shape index (κ1) is 19.8. The Morgan fingerprint density at radius 1 is 1.13 bits per heavy atom. The quantitative estimate of drug-likeness (QED) is 0.534. The normalized spacial score (nSPS) is 12.7. The molecule has 23 heavy (non-hydrogen) atoms.